The van der Waals surface area contributed by atoms with Gasteiger partial charge in [-0.2, -0.15) is 0 Å². The van der Waals surface area contributed by atoms with Crippen LogP contribution in [-0.2, 0) is 4.79 Å². The molecule has 3 nitrogen and oxygen atoms in total. The molecule has 3 aromatic carbocycles. The molecule has 1 amide bonds. The maximum absolute atomic E-state index is 12.7. The zero-order valence-electron chi connectivity index (χ0n) is 15.5. The molecule has 1 N–H and O–H groups in total. The van der Waals surface area contributed by atoms with E-state index in [2.05, 4.69) is 24.4 Å². The van der Waals surface area contributed by atoms with Crippen molar-refractivity contribution >= 4 is 17.7 Å². The van der Waals surface area contributed by atoms with Gasteiger partial charge in [0.15, 0.2) is 0 Å². The fourth-order valence-electron chi connectivity index (χ4n) is 2.92. The zero-order valence-corrected chi connectivity index (χ0v) is 16.3. The van der Waals surface area contributed by atoms with Crippen molar-refractivity contribution in [3.63, 3.8) is 0 Å². The van der Waals surface area contributed by atoms with E-state index in [9.17, 15) is 4.79 Å². The van der Waals surface area contributed by atoms with Gasteiger partial charge < -0.3 is 10.1 Å². The van der Waals surface area contributed by atoms with Crippen molar-refractivity contribution < 1.29 is 9.53 Å². The summed E-state index contributed by atoms with van der Waals surface area (Å²) in [6.45, 7) is 2.07. The average Bonchev–Trinajstić information content (AvgIpc) is 2.72. The maximum atomic E-state index is 12.7. The summed E-state index contributed by atoms with van der Waals surface area (Å²) < 4.78 is 5.17. The van der Waals surface area contributed by atoms with Crippen LogP contribution in [0.5, 0.6) is 5.75 Å². The van der Waals surface area contributed by atoms with Gasteiger partial charge in [0.1, 0.15) is 5.75 Å². The molecule has 3 aromatic rings. The van der Waals surface area contributed by atoms with Gasteiger partial charge in [-0.15, -0.1) is 11.8 Å². The standard InChI is InChI=1S/C23H23NO2S/c1-17-8-6-7-11-21(17)23(18-9-4-3-5-10-18)24-22(25)16-27-20-14-12-19(26-2)13-15-20/h3-15,23H,16H2,1-2H3,(H,24,25)/t23-/m1/s1. The predicted octanol–water partition coefficient (Wildman–Crippen LogP) is 5.00. The molecule has 1 atom stereocenters. The quantitative estimate of drug-likeness (QED) is 0.589. The lowest BCUT2D eigenvalue weighted by Gasteiger charge is -2.21. The van der Waals surface area contributed by atoms with E-state index in [-0.39, 0.29) is 11.9 Å². The summed E-state index contributed by atoms with van der Waals surface area (Å²) in [6.07, 6.45) is 0. The van der Waals surface area contributed by atoms with Crippen LogP contribution in [0.4, 0.5) is 0 Å². The minimum atomic E-state index is -0.156. The second-order valence-electron chi connectivity index (χ2n) is 6.23. The van der Waals surface area contributed by atoms with E-state index < -0.39 is 0 Å². The monoisotopic (exact) mass is 377 g/mol. The van der Waals surface area contributed by atoms with Crippen LogP contribution in [0.25, 0.3) is 0 Å². The van der Waals surface area contributed by atoms with Crippen molar-refractivity contribution in [2.24, 2.45) is 0 Å². The van der Waals surface area contributed by atoms with Crippen LogP contribution in [0.2, 0.25) is 0 Å². The van der Waals surface area contributed by atoms with E-state index in [0.717, 1.165) is 27.3 Å². The SMILES string of the molecule is COc1ccc(SCC(=O)N[C@H](c2ccccc2)c2ccccc2C)cc1. The van der Waals surface area contributed by atoms with Gasteiger partial charge in [0.05, 0.1) is 18.9 Å². The minimum absolute atomic E-state index is 0.00734. The first-order valence-electron chi connectivity index (χ1n) is 8.84. The molecule has 138 valence electrons. The van der Waals surface area contributed by atoms with E-state index in [1.54, 1.807) is 7.11 Å². The molecule has 0 bridgehead atoms. The second-order valence-corrected chi connectivity index (χ2v) is 7.28. The van der Waals surface area contributed by atoms with Gasteiger partial charge in [0.2, 0.25) is 5.91 Å². The summed E-state index contributed by atoms with van der Waals surface area (Å²) >= 11 is 1.52. The van der Waals surface area contributed by atoms with Crippen LogP contribution in [0.1, 0.15) is 22.7 Å². The summed E-state index contributed by atoms with van der Waals surface area (Å²) in [5.74, 6) is 1.18. The summed E-state index contributed by atoms with van der Waals surface area (Å²) in [5, 5.41) is 3.20. The van der Waals surface area contributed by atoms with Crippen LogP contribution in [0.3, 0.4) is 0 Å². The van der Waals surface area contributed by atoms with Crippen LogP contribution < -0.4 is 10.1 Å². The lowest BCUT2D eigenvalue weighted by molar-refractivity contribution is -0.119. The Morgan fingerprint density at radius 3 is 2.30 bits per heavy atom. The first kappa shape index (κ1) is 19.1. The number of amides is 1. The number of thioether (sulfide) groups is 1. The number of methoxy groups -OCH3 is 1. The van der Waals surface area contributed by atoms with Crippen molar-refractivity contribution in [1.29, 1.82) is 0 Å². The molecule has 0 aliphatic carbocycles. The smallest absolute Gasteiger partial charge is 0.231 e. The van der Waals surface area contributed by atoms with E-state index in [0.29, 0.717) is 5.75 Å². The number of benzene rings is 3. The Balaban J connectivity index is 1.72. The largest absolute Gasteiger partial charge is 0.497 e. The number of ether oxygens (including phenoxy) is 1. The Morgan fingerprint density at radius 1 is 0.963 bits per heavy atom. The molecule has 0 aromatic heterocycles. The molecule has 27 heavy (non-hydrogen) atoms. The molecular weight excluding hydrogens is 354 g/mol. The van der Waals surface area contributed by atoms with E-state index in [1.165, 1.54) is 11.8 Å². The van der Waals surface area contributed by atoms with Gasteiger partial charge in [0.25, 0.3) is 0 Å². The number of aryl methyl sites for hydroxylation is 1. The van der Waals surface area contributed by atoms with Gasteiger partial charge in [-0.05, 0) is 47.9 Å². The second kappa shape index (κ2) is 9.28. The highest BCUT2D eigenvalue weighted by atomic mass is 32.2. The van der Waals surface area contributed by atoms with E-state index >= 15 is 0 Å². The van der Waals surface area contributed by atoms with Gasteiger partial charge in [-0.1, -0.05) is 54.6 Å². The molecule has 4 heteroatoms. The fraction of sp³-hybridized carbons (Fsp3) is 0.174. The number of hydrogen-bond donors (Lipinski definition) is 1. The Bertz CT molecular complexity index is 878. The Hall–Kier alpha value is -2.72. The molecule has 0 unspecified atom stereocenters. The molecule has 0 fully saturated rings. The third-order valence-corrected chi connectivity index (χ3v) is 5.38. The summed E-state index contributed by atoms with van der Waals surface area (Å²) in [5.41, 5.74) is 3.36. The third kappa shape index (κ3) is 5.14. The zero-order chi connectivity index (χ0) is 19.1. The van der Waals surface area contributed by atoms with Crippen LogP contribution >= 0.6 is 11.8 Å². The predicted molar refractivity (Wildman–Crippen MR) is 111 cm³/mol. The molecular formula is C23H23NO2S. The molecule has 0 saturated heterocycles. The first-order valence-corrected chi connectivity index (χ1v) is 9.82. The van der Waals surface area contributed by atoms with Crippen molar-refractivity contribution in [3.05, 3.63) is 95.6 Å². The Kier molecular flexibility index (Phi) is 6.55. The van der Waals surface area contributed by atoms with Gasteiger partial charge in [-0.3, -0.25) is 4.79 Å². The van der Waals surface area contributed by atoms with Crippen LogP contribution in [0, 0.1) is 6.92 Å². The van der Waals surface area contributed by atoms with Crippen molar-refractivity contribution in [3.8, 4) is 5.75 Å². The average molecular weight is 378 g/mol. The summed E-state index contributed by atoms with van der Waals surface area (Å²) in [7, 11) is 1.64. The van der Waals surface area contributed by atoms with E-state index in [4.69, 9.17) is 4.74 Å². The number of hydrogen-bond acceptors (Lipinski definition) is 3. The van der Waals surface area contributed by atoms with Gasteiger partial charge >= 0.3 is 0 Å². The van der Waals surface area contributed by atoms with Gasteiger partial charge in [-0.25, -0.2) is 0 Å². The normalized spacial score (nSPS) is 11.6. The highest BCUT2D eigenvalue weighted by Crippen LogP contribution is 2.26. The van der Waals surface area contributed by atoms with Crippen LogP contribution in [-0.4, -0.2) is 18.8 Å². The number of carbonyl (C=O) groups excluding carboxylic acids is 1. The first-order chi connectivity index (χ1) is 13.2. The third-order valence-electron chi connectivity index (χ3n) is 4.37. The fourth-order valence-corrected chi connectivity index (χ4v) is 3.63. The summed E-state index contributed by atoms with van der Waals surface area (Å²) in [6, 6.07) is 25.8. The number of carbonyl (C=O) groups is 1. The van der Waals surface area contributed by atoms with Crippen molar-refractivity contribution in [1.82, 2.24) is 5.32 Å². The lowest BCUT2D eigenvalue weighted by atomic mass is 9.95. The topological polar surface area (TPSA) is 38.3 Å². The number of nitrogens with one attached hydrogen (secondary N) is 1. The minimum Gasteiger partial charge on any atom is -0.497 e. The Morgan fingerprint density at radius 2 is 1.63 bits per heavy atom. The summed E-state index contributed by atoms with van der Waals surface area (Å²) in [4.78, 5) is 13.7. The molecule has 0 radical (unpaired) electrons. The molecule has 0 spiro atoms. The number of rotatable bonds is 7. The molecule has 0 aliphatic rings. The van der Waals surface area contributed by atoms with Gasteiger partial charge in [0, 0.05) is 4.90 Å². The van der Waals surface area contributed by atoms with E-state index in [1.807, 2.05) is 66.7 Å². The highest BCUT2D eigenvalue weighted by Gasteiger charge is 2.18. The molecule has 0 aliphatic heterocycles. The van der Waals surface area contributed by atoms with Crippen molar-refractivity contribution in [2.45, 2.75) is 17.9 Å². The highest BCUT2D eigenvalue weighted by molar-refractivity contribution is 8.00. The van der Waals surface area contributed by atoms with Crippen LogP contribution in [0.15, 0.2) is 83.8 Å². The molecule has 0 saturated carbocycles. The maximum Gasteiger partial charge on any atom is 0.231 e. The lowest BCUT2D eigenvalue weighted by Crippen LogP contribution is -2.31. The Labute approximate surface area is 164 Å². The van der Waals surface area contributed by atoms with Crippen molar-refractivity contribution in [2.75, 3.05) is 12.9 Å². The molecule has 0 heterocycles. The molecule has 3 rings (SSSR count).